The van der Waals surface area contributed by atoms with Crippen LogP contribution in [0, 0.1) is 11.6 Å². The van der Waals surface area contributed by atoms with Gasteiger partial charge >= 0.3 is 0 Å². The lowest BCUT2D eigenvalue weighted by Gasteiger charge is -2.27. The van der Waals surface area contributed by atoms with Gasteiger partial charge in [-0.25, -0.2) is 13.5 Å². The lowest BCUT2D eigenvalue weighted by atomic mass is 9.91. The van der Waals surface area contributed by atoms with Gasteiger partial charge in [-0.05, 0) is 111 Å². The number of likely N-dealkylation sites (N-methyl/N-ethyl adjacent to an activating group) is 2. The average Bonchev–Trinajstić information content (AvgIpc) is 1.99. The molecule has 0 unspecified atom stereocenters. The van der Waals surface area contributed by atoms with Gasteiger partial charge in [-0.2, -0.15) is 0 Å². The third-order valence-corrected chi connectivity index (χ3v) is 15.6. The fraction of sp³-hybridized carbons (Fsp3) is 0.365. The van der Waals surface area contributed by atoms with E-state index in [-0.39, 0.29) is 98.4 Å². The zero-order valence-corrected chi connectivity index (χ0v) is 48.4. The highest BCUT2D eigenvalue weighted by atomic mass is 19.1. The number of aromatic nitrogens is 5. The summed E-state index contributed by atoms with van der Waals surface area (Å²) in [6.45, 7) is 12.5. The number of benzene rings is 4. The molecule has 84 heavy (non-hydrogen) atoms. The van der Waals surface area contributed by atoms with Crippen molar-refractivity contribution in [3.05, 3.63) is 198 Å². The number of H-pyrrole nitrogens is 2. The summed E-state index contributed by atoms with van der Waals surface area (Å²) in [4.78, 5) is 91.8. The van der Waals surface area contributed by atoms with E-state index in [0.717, 1.165) is 22.3 Å². The number of halogens is 2. The Morgan fingerprint density at radius 3 is 1.43 bits per heavy atom. The number of nitrogens with zero attached hydrogens (tertiary/aromatic N) is 5. The topological polar surface area (TPSA) is 238 Å². The number of rotatable bonds is 23. The molecule has 4 aromatic carbocycles. The van der Waals surface area contributed by atoms with Gasteiger partial charge in [-0.3, -0.25) is 28.8 Å². The number of anilines is 2. The molecule has 3 aromatic heterocycles. The number of pyridine rings is 2. The van der Waals surface area contributed by atoms with Gasteiger partial charge < -0.3 is 50.5 Å². The first-order valence-electron chi connectivity index (χ1n) is 28.0. The summed E-state index contributed by atoms with van der Waals surface area (Å²) in [5.74, 6) is -1.01. The van der Waals surface area contributed by atoms with E-state index in [1.165, 1.54) is 24.3 Å². The summed E-state index contributed by atoms with van der Waals surface area (Å²) in [5, 5.41) is 20.3. The zero-order chi connectivity index (χ0) is 60.0. The fourth-order valence-corrected chi connectivity index (χ4v) is 10.5. The number of carbonyl (C=O) groups is 4. The summed E-state index contributed by atoms with van der Waals surface area (Å²) >= 11 is 0. The Kier molecular flexibility index (Phi) is 18.0. The van der Waals surface area contributed by atoms with Crippen molar-refractivity contribution in [3.8, 4) is 11.5 Å². The molecule has 0 saturated heterocycles. The molecule has 4 amide bonds. The van der Waals surface area contributed by atoms with Crippen LogP contribution in [-0.2, 0) is 68.8 Å². The van der Waals surface area contributed by atoms with E-state index in [4.69, 9.17) is 9.47 Å². The molecule has 2 aliphatic heterocycles. The molecule has 7 aromatic rings. The van der Waals surface area contributed by atoms with E-state index in [1.54, 1.807) is 109 Å². The van der Waals surface area contributed by atoms with Gasteiger partial charge in [0, 0.05) is 72.1 Å². The molecule has 0 bridgehead atoms. The van der Waals surface area contributed by atoms with Crippen LogP contribution in [0.3, 0.4) is 0 Å². The SMILES string of the molecule is CN[C@@H](C)C(=O)N[C@@H](Cc1ccc(OCCn2cc(COc3ccc(C[C@H](NC(=O)[C@H](C)NC)C(=O)N4CC(C)(C)c5[nH]c(=O)c(Cc6ccc(F)cc6)cc54)cc3)nn2)cc1)C(=O)N1CC(C)(C)c2[nH]c(=O)c(Cc3ccc(F)cc3)cc21. The third-order valence-electron chi connectivity index (χ3n) is 15.6. The predicted octanol–water partition coefficient (Wildman–Crippen LogP) is 5.69. The quantitative estimate of drug-likeness (QED) is 0.0453. The van der Waals surface area contributed by atoms with Crippen LogP contribution in [0.2, 0.25) is 0 Å². The number of hydrogen-bond donors (Lipinski definition) is 6. The van der Waals surface area contributed by atoms with Gasteiger partial charge in [0.15, 0.2) is 0 Å². The number of nitrogens with one attached hydrogen (secondary N) is 6. The highest BCUT2D eigenvalue weighted by Gasteiger charge is 2.44. The summed E-state index contributed by atoms with van der Waals surface area (Å²) in [5.41, 5.74) is 5.03. The van der Waals surface area contributed by atoms with Crippen molar-refractivity contribution in [1.82, 2.24) is 46.2 Å². The Morgan fingerprint density at radius 1 is 0.607 bits per heavy atom. The van der Waals surface area contributed by atoms with E-state index < -0.39 is 35.0 Å². The maximum Gasteiger partial charge on any atom is 0.251 e. The van der Waals surface area contributed by atoms with Crippen LogP contribution in [0.1, 0.15) is 92.0 Å². The molecule has 440 valence electrons. The molecule has 2 aliphatic rings. The highest BCUT2D eigenvalue weighted by molar-refractivity contribution is 6.03. The second kappa shape index (κ2) is 25.4. The van der Waals surface area contributed by atoms with Crippen molar-refractivity contribution in [1.29, 1.82) is 0 Å². The van der Waals surface area contributed by atoms with Crippen LogP contribution >= 0.6 is 0 Å². The van der Waals surface area contributed by atoms with Crippen LogP contribution in [0.15, 0.2) is 125 Å². The highest BCUT2D eigenvalue weighted by Crippen LogP contribution is 2.41. The van der Waals surface area contributed by atoms with Crippen molar-refractivity contribution in [2.45, 2.75) is 115 Å². The smallest absolute Gasteiger partial charge is 0.251 e. The van der Waals surface area contributed by atoms with Crippen LogP contribution < -0.4 is 51.7 Å². The molecular weight excluding hydrogens is 1080 g/mol. The standard InChI is InChI=1S/C63H71F2N11O8/c1-37(66-7)56(77)68-50(60(81)75-35-62(3,4)54-52(75)31-43(58(79)70-54)27-39-9-17-45(64)18-10-39)29-41-13-21-48(22-14-41)83-26-25-74-33-47(72-73-74)34-84-49-23-15-42(16-24-49)30-51(69-57(78)38(2)67-8)61(82)76-36-63(5,6)55-53(76)32-44(59(80)71-55)28-40-11-19-46(65)20-12-40/h9-24,31-33,37-38,50-51,66-67H,25-30,34-36H2,1-8H3,(H,68,77)(H,69,78)(H,70,79)(H,71,80)/t37-,38-,50-,51-/m0/s1. The molecule has 0 saturated carbocycles. The molecule has 4 atom stereocenters. The van der Waals surface area contributed by atoms with Gasteiger partial charge in [0.1, 0.15) is 54.1 Å². The summed E-state index contributed by atoms with van der Waals surface area (Å²) in [6, 6.07) is 26.7. The number of carbonyl (C=O) groups excluding carboxylic acids is 4. The first-order chi connectivity index (χ1) is 40.1. The number of hydrogen-bond acceptors (Lipinski definition) is 12. The summed E-state index contributed by atoms with van der Waals surface area (Å²) in [6.07, 6.45) is 2.57. The second-order valence-electron chi connectivity index (χ2n) is 22.9. The van der Waals surface area contributed by atoms with Crippen LogP contribution in [0.5, 0.6) is 11.5 Å². The molecular formula is C63H71F2N11O8. The van der Waals surface area contributed by atoms with Gasteiger partial charge in [0.25, 0.3) is 11.1 Å². The molecule has 21 heteroatoms. The maximum atomic E-state index is 14.6. The Balaban J connectivity index is 0.794. The third kappa shape index (κ3) is 14.0. The minimum absolute atomic E-state index is 0.119. The minimum atomic E-state index is -0.961. The Morgan fingerprint density at radius 2 is 1.01 bits per heavy atom. The van der Waals surface area contributed by atoms with Crippen molar-refractivity contribution < 1.29 is 37.4 Å². The predicted molar refractivity (Wildman–Crippen MR) is 314 cm³/mol. The lowest BCUT2D eigenvalue weighted by molar-refractivity contribution is -0.128. The monoisotopic (exact) mass is 1150 g/mol. The number of ether oxygens (including phenoxy) is 2. The first-order valence-corrected chi connectivity index (χ1v) is 28.0. The molecule has 19 nitrogen and oxygen atoms in total. The van der Waals surface area contributed by atoms with E-state index >= 15 is 0 Å². The number of aromatic amines is 2. The number of fused-ring (bicyclic) bond motifs is 2. The molecule has 0 fully saturated rings. The molecule has 6 N–H and O–H groups in total. The van der Waals surface area contributed by atoms with Crippen molar-refractivity contribution in [2.24, 2.45) is 0 Å². The Bertz CT molecular complexity index is 3640. The normalized spacial score (nSPS) is 15.4. The van der Waals surface area contributed by atoms with Crippen molar-refractivity contribution >= 4 is 35.0 Å². The lowest BCUT2D eigenvalue weighted by Crippen LogP contribution is -2.53. The molecule has 0 radical (unpaired) electrons. The number of amides is 4. The zero-order valence-electron chi connectivity index (χ0n) is 48.4. The van der Waals surface area contributed by atoms with Crippen LogP contribution in [0.4, 0.5) is 20.2 Å². The van der Waals surface area contributed by atoms with Crippen LogP contribution in [0.25, 0.3) is 0 Å². The largest absolute Gasteiger partial charge is 0.492 e. The Hall–Kier alpha value is -8.82. The van der Waals surface area contributed by atoms with E-state index in [1.807, 2.05) is 52.0 Å². The second-order valence-corrected chi connectivity index (χ2v) is 22.9. The summed E-state index contributed by atoms with van der Waals surface area (Å²) < 4.78 is 41.1. The Labute approximate surface area is 485 Å². The van der Waals surface area contributed by atoms with Crippen molar-refractivity contribution in [3.63, 3.8) is 0 Å². The molecule has 0 aliphatic carbocycles. The van der Waals surface area contributed by atoms with E-state index in [0.29, 0.717) is 57.6 Å². The van der Waals surface area contributed by atoms with E-state index in [9.17, 15) is 37.5 Å². The molecule has 5 heterocycles. The van der Waals surface area contributed by atoms with Gasteiger partial charge in [-0.15, -0.1) is 5.10 Å². The van der Waals surface area contributed by atoms with Gasteiger partial charge in [0.2, 0.25) is 23.6 Å². The first kappa shape index (κ1) is 59.8. The maximum absolute atomic E-state index is 14.6. The minimum Gasteiger partial charge on any atom is -0.492 e. The van der Waals surface area contributed by atoms with Gasteiger partial charge in [-0.1, -0.05) is 81.4 Å². The van der Waals surface area contributed by atoms with E-state index in [2.05, 4.69) is 41.5 Å². The van der Waals surface area contributed by atoms with Gasteiger partial charge in [0.05, 0.1) is 36.2 Å². The summed E-state index contributed by atoms with van der Waals surface area (Å²) in [7, 11) is 3.33. The molecule has 9 rings (SSSR count). The molecule has 0 spiro atoms. The average molecular weight is 1150 g/mol. The fourth-order valence-electron chi connectivity index (χ4n) is 10.5. The van der Waals surface area contributed by atoms with Crippen molar-refractivity contribution in [2.75, 3.05) is 43.6 Å². The van der Waals surface area contributed by atoms with Crippen LogP contribution in [-0.4, -0.2) is 107 Å².